The summed E-state index contributed by atoms with van der Waals surface area (Å²) in [6.07, 6.45) is -0.522. The van der Waals surface area contributed by atoms with Crippen LogP contribution >= 0.6 is 0 Å². The molecule has 6 nitrogen and oxygen atoms in total. The van der Waals surface area contributed by atoms with E-state index >= 15 is 0 Å². The van der Waals surface area contributed by atoms with Crippen LogP contribution in [0.4, 0.5) is 4.39 Å². The van der Waals surface area contributed by atoms with Gasteiger partial charge in [0.25, 0.3) is 5.91 Å². The summed E-state index contributed by atoms with van der Waals surface area (Å²) >= 11 is 0. The number of carbonyl (C=O) groups excluding carboxylic acids is 2. The second-order valence-electron chi connectivity index (χ2n) is 6.88. The first-order valence-electron chi connectivity index (χ1n) is 9.29. The van der Waals surface area contributed by atoms with Crippen molar-refractivity contribution in [3.05, 3.63) is 59.9 Å². The number of para-hydroxylation sites is 2. The second-order valence-corrected chi connectivity index (χ2v) is 6.88. The Morgan fingerprint density at radius 1 is 0.964 bits per heavy atom. The van der Waals surface area contributed by atoms with Crippen molar-refractivity contribution in [2.45, 2.75) is 12.5 Å². The van der Waals surface area contributed by atoms with Gasteiger partial charge in [-0.3, -0.25) is 9.59 Å². The molecule has 2 aromatic rings. The van der Waals surface area contributed by atoms with Crippen molar-refractivity contribution >= 4 is 11.8 Å². The Kier molecular flexibility index (Phi) is 5.14. The molecule has 2 heterocycles. The zero-order chi connectivity index (χ0) is 19.5. The van der Waals surface area contributed by atoms with E-state index in [2.05, 4.69) is 0 Å². The predicted octanol–water partition coefficient (Wildman–Crippen LogP) is 1.88. The quantitative estimate of drug-likeness (QED) is 0.811. The van der Waals surface area contributed by atoms with Crippen LogP contribution in [0, 0.1) is 5.82 Å². The number of hydrogen-bond acceptors (Lipinski definition) is 4. The predicted molar refractivity (Wildman–Crippen MR) is 99.6 cm³/mol. The van der Waals surface area contributed by atoms with E-state index in [0.29, 0.717) is 43.2 Å². The van der Waals surface area contributed by atoms with Gasteiger partial charge in [0, 0.05) is 26.2 Å². The summed E-state index contributed by atoms with van der Waals surface area (Å²) in [5.41, 5.74) is 0.648. The Balaban J connectivity index is 1.30. The lowest BCUT2D eigenvalue weighted by Crippen LogP contribution is -2.55. The third-order valence-corrected chi connectivity index (χ3v) is 4.97. The van der Waals surface area contributed by atoms with E-state index < -0.39 is 6.10 Å². The monoisotopic (exact) mass is 384 g/mol. The molecule has 0 saturated carbocycles. The van der Waals surface area contributed by atoms with Gasteiger partial charge in [0.15, 0.2) is 11.5 Å². The summed E-state index contributed by atoms with van der Waals surface area (Å²) in [4.78, 5) is 28.6. The van der Waals surface area contributed by atoms with E-state index in [1.54, 1.807) is 34.1 Å². The van der Waals surface area contributed by atoms with Crippen LogP contribution in [0.1, 0.15) is 5.56 Å². The lowest BCUT2D eigenvalue weighted by molar-refractivity contribution is -0.146. The average Bonchev–Trinajstić information content (AvgIpc) is 2.73. The highest BCUT2D eigenvalue weighted by molar-refractivity contribution is 5.83. The normalized spacial score (nSPS) is 18.7. The fourth-order valence-corrected chi connectivity index (χ4v) is 3.45. The van der Waals surface area contributed by atoms with Gasteiger partial charge in [-0.2, -0.15) is 0 Å². The number of nitrogens with zero attached hydrogens (tertiary/aromatic N) is 2. The maximum atomic E-state index is 13.3. The summed E-state index contributed by atoms with van der Waals surface area (Å²) in [7, 11) is 0. The molecule has 1 saturated heterocycles. The molecule has 1 atom stereocenters. The number of halogens is 1. The van der Waals surface area contributed by atoms with Crippen molar-refractivity contribution in [2.24, 2.45) is 0 Å². The van der Waals surface area contributed by atoms with Gasteiger partial charge in [-0.15, -0.1) is 0 Å². The standard InChI is InChI=1S/C21H21FN2O4/c22-16-5-3-4-15(12-16)13-20(25)23-8-10-24(11-9-23)21(26)19-14-27-17-6-1-2-7-18(17)28-19/h1-7,12,19H,8-11,13-14H2. The highest BCUT2D eigenvalue weighted by atomic mass is 19.1. The molecule has 0 aromatic heterocycles. The van der Waals surface area contributed by atoms with Gasteiger partial charge in [0.05, 0.1) is 6.42 Å². The first-order chi connectivity index (χ1) is 13.6. The Labute approximate surface area is 162 Å². The molecule has 2 aliphatic heterocycles. The van der Waals surface area contributed by atoms with Gasteiger partial charge in [-0.25, -0.2) is 4.39 Å². The van der Waals surface area contributed by atoms with Crippen LogP contribution in [-0.4, -0.2) is 60.5 Å². The van der Waals surface area contributed by atoms with Crippen molar-refractivity contribution in [2.75, 3.05) is 32.8 Å². The van der Waals surface area contributed by atoms with E-state index in [9.17, 15) is 14.0 Å². The minimum atomic E-state index is -0.676. The Morgan fingerprint density at radius 3 is 2.43 bits per heavy atom. The third kappa shape index (κ3) is 3.93. The molecule has 2 aliphatic rings. The largest absolute Gasteiger partial charge is 0.485 e. The van der Waals surface area contributed by atoms with E-state index in [-0.39, 0.29) is 30.7 Å². The van der Waals surface area contributed by atoms with Crippen molar-refractivity contribution in [3.8, 4) is 11.5 Å². The van der Waals surface area contributed by atoms with E-state index in [1.807, 2.05) is 12.1 Å². The minimum Gasteiger partial charge on any atom is -0.485 e. The minimum absolute atomic E-state index is 0.0659. The van der Waals surface area contributed by atoms with Gasteiger partial charge < -0.3 is 19.3 Å². The molecule has 2 amide bonds. The van der Waals surface area contributed by atoms with Crippen LogP contribution in [0.2, 0.25) is 0 Å². The first-order valence-corrected chi connectivity index (χ1v) is 9.29. The lowest BCUT2D eigenvalue weighted by atomic mass is 10.1. The van der Waals surface area contributed by atoms with Gasteiger partial charge >= 0.3 is 0 Å². The molecular weight excluding hydrogens is 363 g/mol. The van der Waals surface area contributed by atoms with Crippen molar-refractivity contribution in [1.29, 1.82) is 0 Å². The first kappa shape index (κ1) is 18.3. The molecule has 28 heavy (non-hydrogen) atoms. The second kappa shape index (κ2) is 7.88. The summed E-state index contributed by atoms with van der Waals surface area (Å²) in [5.74, 6) is 0.655. The number of fused-ring (bicyclic) bond motifs is 1. The third-order valence-electron chi connectivity index (χ3n) is 4.97. The smallest absolute Gasteiger partial charge is 0.267 e. The number of carbonyl (C=O) groups is 2. The molecule has 0 aliphatic carbocycles. The molecule has 0 bridgehead atoms. The molecule has 2 aromatic carbocycles. The van der Waals surface area contributed by atoms with Crippen molar-refractivity contribution in [1.82, 2.24) is 9.80 Å². The molecule has 0 N–H and O–H groups in total. The molecule has 1 fully saturated rings. The zero-order valence-corrected chi connectivity index (χ0v) is 15.3. The average molecular weight is 384 g/mol. The fraction of sp³-hybridized carbons (Fsp3) is 0.333. The Bertz CT molecular complexity index is 880. The zero-order valence-electron chi connectivity index (χ0n) is 15.3. The maximum Gasteiger partial charge on any atom is 0.267 e. The Morgan fingerprint density at radius 2 is 1.68 bits per heavy atom. The molecular formula is C21H21FN2O4. The highest BCUT2D eigenvalue weighted by Crippen LogP contribution is 2.31. The van der Waals surface area contributed by atoms with Gasteiger partial charge in [0.1, 0.15) is 12.4 Å². The van der Waals surface area contributed by atoms with Crippen LogP contribution in [0.5, 0.6) is 11.5 Å². The van der Waals surface area contributed by atoms with E-state index in [1.165, 1.54) is 12.1 Å². The Hall–Kier alpha value is -3.09. The summed E-state index contributed by atoms with van der Waals surface area (Å²) in [5, 5.41) is 0. The topological polar surface area (TPSA) is 59.1 Å². The molecule has 7 heteroatoms. The van der Waals surface area contributed by atoms with E-state index in [4.69, 9.17) is 9.47 Å². The molecule has 146 valence electrons. The molecule has 0 radical (unpaired) electrons. The van der Waals surface area contributed by atoms with Crippen LogP contribution < -0.4 is 9.47 Å². The van der Waals surface area contributed by atoms with E-state index in [0.717, 1.165) is 0 Å². The van der Waals surface area contributed by atoms with Gasteiger partial charge in [0.2, 0.25) is 12.0 Å². The summed E-state index contributed by atoms with van der Waals surface area (Å²) in [6.45, 7) is 1.95. The van der Waals surface area contributed by atoms with Crippen molar-refractivity contribution in [3.63, 3.8) is 0 Å². The van der Waals surface area contributed by atoms with Crippen molar-refractivity contribution < 1.29 is 23.5 Å². The van der Waals surface area contributed by atoms with Crippen LogP contribution in [0.25, 0.3) is 0 Å². The van der Waals surface area contributed by atoms with Crippen LogP contribution in [-0.2, 0) is 16.0 Å². The number of rotatable bonds is 3. The van der Waals surface area contributed by atoms with Gasteiger partial charge in [-0.05, 0) is 29.8 Å². The number of benzene rings is 2. The van der Waals surface area contributed by atoms with Crippen LogP contribution in [0.3, 0.4) is 0 Å². The number of piperazine rings is 1. The maximum absolute atomic E-state index is 13.3. The summed E-state index contributed by atoms with van der Waals surface area (Å²) in [6, 6.07) is 13.3. The summed E-state index contributed by atoms with van der Waals surface area (Å²) < 4.78 is 24.7. The number of amides is 2. The molecule has 4 rings (SSSR count). The highest BCUT2D eigenvalue weighted by Gasteiger charge is 2.33. The number of hydrogen-bond donors (Lipinski definition) is 0. The number of ether oxygens (including phenoxy) is 2. The fourth-order valence-electron chi connectivity index (χ4n) is 3.45. The molecule has 1 unspecified atom stereocenters. The van der Waals surface area contributed by atoms with Gasteiger partial charge in [-0.1, -0.05) is 24.3 Å². The SMILES string of the molecule is O=C(Cc1cccc(F)c1)N1CCN(C(=O)C2COc3ccccc3O2)CC1. The molecule has 0 spiro atoms. The lowest BCUT2D eigenvalue weighted by Gasteiger charge is -2.37. The van der Waals surface area contributed by atoms with Crippen LogP contribution in [0.15, 0.2) is 48.5 Å².